The predicted octanol–water partition coefficient (Wildman–Crippen LogP) is 4.36. The number of hydrogen-bond donors (Lipinski definition) is 0. The first-order valence-electron chi connectivity index (χ1n) is 11.1. The van der Waals surface area contributed by atoms with Crippen LogP contribution in [0.3, 0.4) is 0 Å². The minimum atomic E-state index is -0.171. The molecule has 0 unspecified atom stereocenters. The van der Waals surface area contributed by atoms with Crippen LogP contribution in [0, 0.1) is 0 Å². The van der Waals surface area contributed by atoms with Gasteiger partial charge in [0.15, 0.2) is 0 Å². The molecule has 0 spiro atoms. The summed E-state index contributed by atoms with van der Waals surface area (Å²) in [5, 5.41) is 1.22. The van der Waals surface area contributed by atoms with E-state index in [1.165, 1.54) is 26.9 Å². The Bertz CT molecular complexity index is 1100. The maximum atomic E-state index is 6.18. The van der Waals surface area contributed by atoms with Crippen LogP contribution >= 0.6 is 11.3 Å². The SMILES string of the molecule is CCN1CCN(c2ncnc3c2sc2nc(C(C)C)c4c(c23)CC(C)(C)OC4)CC1. The number of hydrogen-bond acceptors (Lipinski definition) is 7. The number of likely N-dealkylation sites (N-methyl/N-ethyl adjacent to an activating group) is 1. The van der Waals surface area contributed by atoms with Crippen LogP contribution in [-0.2, 0) is 17.8 Å². The third kappa shape index (κ3) is 3.27. The van der Waals surface area contributed by atoms with Gasteiger partial charge in [0.1, 0.15) is 17.0 Å². The standard InChI is InChI=1S/C23H31N5OS/c1-6-27-7-9-28(10-8-27)21-20-19(24-13-25-21)17-15-11-23(4,5)29-12-16(15)18(14(2)3)26-22(17)30-20/h13-14H,6-12H2,1-5H3. The molecule has 6 nitrogen and oxygen atoms in total. The van der Waals surface area contributed by atoms with Crippen molar-refractivity contribution >= 4 is 37.6 Å². The molecule has 160 valence electrons. The van der Waals surface area contributed by atoms with Crippen molar-refractivity contribution < 1.29 is 4.74 Å². The lowest BCUT2D eigenvalue weighted by Crippen LogP contribution is -2.46. The van der Waals surface area contributed by atoms with Gasteiger partial charge in [-0.05, 0) is 31.9 Å². The lowest BCUT2D eigenvalue weighted by molar-refractivity contribution is -0.0402. The average molecular weight is 426 g/mol. The van der Waals surface area contributed by atoms with E-state index >= 15 is 0 Å². The Labute approximate surface area is 182 Å². The lowest BCUT2D eigenvalue weighted by Gasteiger charge is -2.34. The Morgan fingerprint density at radius 2 is 1.90 bits per heavy atom. The zero-order chi connectivity index (χ0) is 21.0. The number of rotatable bonds is 3. The molecular weight excluding hydrogens is 394 g/mol. The Balaban J connectivity index is 1.70. The minimum absolute atomic E-state index is 0.171. The fourth-order valence-corrected chi connectivity index (χ4v) is 5.98. The summed E-state index contributed by atoms with van der Waals surface area (Å²) in [5.74, 6) is 1.44. The number of nitrogens with zero attached hydrogens (tertiary/aromatic N) is 5. The van der Waals surface area contributed by atoms with E-state index in [0.717, 1.165) is 55.3 Å². The second-order valence-corrected chi connectivity index (χ2v) is 10.4. The lowest BCUT2D eigenvalue weighted by atomic mass is 9.87. The third-order valence-electron chi connectivity index (χ3n) is 6.51. The number of anilines is 1. The van der Waals surface area contributed by atoms with Crippen molar-refractivity contribution in [1.29, 1.82) is 0 Å². The van der Waals surface area contributed by atoms with Crippen LogP contribution in [0.15, 0.2) is 6.33 Å². The van der Waals surface area contributed by atoms with E-state index in [9.17, 15) is 0 Å². The molecule has 0 saturated carbocycles. The molecule has 5 heterocycles. The van der Waals surface area contributed by atoms with E-state index in [0.29, 0.717) is 12.5 Å². The maximum Gasteiger partial charge on any atom is 0.150 e. The number of aromatic nitrogens is 3. The van der Waals surface area contributed by atoms with Gasteiger partial charge in [-0.25, -0.2) is 15.0 Å². The normalized spacial score (nSPS) is 19.7. The molecule has 1 fully saturated rings. The molecule has 0 atom stereocenters. The first kappa shape index (κ1) is 20.1. The predicted molar refractivity (Wildman–Crippen MR) is 124 cm³/mol. The van der Waals surface area contributed by atoms with Gasteiger partial charge in [-0.2, -0.15) is 0 Å². The summed E-state index contributed by atoms with van der Waals surface area (Å²) in [6, 6.07) is 0. The van der Waals surface area contributed by atoms with E-state index in [1.54, 1.807) is 17.7 Å². The molecule has 1 saturated heterocycles. The summed E-state index contributed by atoms with van der Waals surface area (Å²) in [7, 11) is 0. The van der Waals surface area contributed by atoms with E-state index in [2.05, 4.69) is 44.4 Å². The summed E-state index contributed by atoms with van der Waals surface area (Å²) in [5.41, 5.74) is 4.72. The Morgan fingerprint density at radius 1 is 1.13 bits per heavy atom. The van der Waals surface area contributed by atoms with Crippen LogP contribution in [0.1, 0.15) is 57.4 Å². The molecule has 2 aliphatic rings. The molecule has 0 radical (unpaired) electrons. The zero-order valence-electron chi connectivity index (χ0n) is 18.7. The summed E-state index contributed by atoms with van der Waals surface area (Å²) >= 11 is 1.76. The molecule has 0 N–H and O–H groups in total. The van der Waals surface area contributed by atoms with Crippen molar-refractivity contribution in [2.45, 2.75) is 59.2 Å². The molecule has 0 aliphatic carbocycles. The van der Waals surface area contributed by atoms with Gasteiger partial charge in [-0.15, -0.1) is 11.3 Å². The van der Waals surface area contributed by atoms with Crippen LogP contribution in [0.2, 0.25) is 0 Å². The molecule has 0 aromatic carbocycles. The van der Waals surface area contributed by atoms with Gasteiger partial charge < -0.3 is 14.5 Å². The first-order chi connectivity index (χ1) is 14.4. The molecule has 2 aliphatic heterocycles. The topological polar surface area (TPSA) is 54.4 Å². The van der Waals surface area contributed by atoms with Crippen LogP contribution in [0.4, 0.5) is 5.82 Å². The average Bonchev–Trinajstić information content (AvgIpc) is 3.11. The molecule has 30 heavy (non-hydrogen) atoms. The van der Waals surface area contributed by atoms with Crippen molar-refractivity contribution in [3.05, 3.63) is 23.1 Å². The van der Waals surface area contributed by atoms with Gasteiger partial charge in [-0.1, -0.05) is 20.8 Å². The number of piperazine rings is 1. The fraction of sp³-hybridized carbons (Fsp3) is 0.609. The molecular formula is C23H31N5OS. The molecule has 3 aromatic heterocycles. The van der Waals surface area contributed by atoms with Crippen LogP contribution in [0.25, 0.3) is 20.4 Å². The van der Waals surface area contributed by atoms with Gasteiger partial charge in [0.05, 0.1) is 28.1 Å². The van der Waals surface area contributed by atoms with Crippen LogP contribution in [0.5, 0.6) is 0 Å². The summed E-state index contributed by atoms with van der Waals surface area (Å²) in [6.07, 6.45) is 2.63. The van der Waals surface area contributed by atoms with E-state index < -0.39 is 0 Å². The van der Waals surface area contributed by atoms with Gasteiger partial charge in [-0.3, -0.25) is 0 Å². The minimum Gasteiger partial charge on any atom is -0.370 e. The third-order valence-corrected chi connectivity index (χ3v) is 7.58. The van der Waals surface area contributed by atoms with E-state index in [-0.39, 0.29) is 5.60 Å². The second kappa shape index (κ2) is 7.39. The van der Waals surface area contributed by atoms with Gasteiger partial charge in [0.2, 0.25) is 0 Å². The van der Waals surface area contributed by atoms with Gasteiger partial charge in [0, 0.05) is 43.5 Å². The van der Waals surface area contributed by atoms with Crippen LogP contribution < -0.4 is 4.90 Å². The summed E-state index contributed by atoms with van der Waals surface area (Å²) in [4.78, 5) is 20.6. The molecule has 7 heteroatoms. The van der Waals surface area contributed by atoms with Crippen molar-refractivity contribution in [3.8, 4) is 0 Å². The van der Waals surface area contributed by atoms with Crippen molar-refractivity contribution in [2.24, 2.45) is 0 Å². The largest absolute Gasteiger partial charge is 0.370 e. The first-order valence-corrected chi connectivity index (χ1v) is 11.9. The number of ether oxygens (including phenoxy) is 1. The van der Waals surface area contributed by atoms with E-state index in [4.69, 9.17) is 19.7 Å². The molecule has 0 bridgehead atoms. The number of thiophene rings is 1. The highest BCUT2D eigenvalue weighted by Gasteiger charge is 2.32. The van der Waals surface area contributed by atoms with Gasteiger partial charge >= 0.3 is 0 Å². The fourth-order valence-electron chi connectivity index (χ4n) is 4.80. The van der Waals surface area contributed by atoms with Crippen LogP contribution in [-0.4, -0.2) is 58.2 Å². The highest BCUT2D eigenvalue weighted by molar-refractivity contribution is 7.26. The Hall–Kier alpha value is -1.83. The summed E-state index contributed by atoms with van der Waals surface area (Å²) < 4.78 is 7.36. The second-order valence-electron chi connectivity index (χ2n) is 9.41. The van der Waals surface area contributed by atoms with Crippen molar-refractivity contribution in [2.75, 3.05) is 37.6 Å². The molecule has 5 rings (SSSR count). The Morgan fingerprint density at radius 3 is 2.60 bits per heavy atom. The summed E-state index contributed by atoms with van der Waals surface area (Å²) in [6.45, 7) is 17.0. The number of fused-ring (bicyclic) bond motifs is 5. The zero-order valence-corrected chi connectivity index (χ0v) is 19.5. The highest BCUT2D eigenvalue weighted by atomic mass is 32.1. The monoisotopic (exact) mass is 425 g/mol. The maximum absolute atomic E-state index is 6.18. The quantitative estimate of drug-likeness (QED) is 0.622. The highest BCUT2D eigenvalue weighted by Crippen LogP contribution is 2.43. The van der Waals surface area contributed by atoms with Crippen molar-refractivity contribution in [3.63, 3.8) is 0 Å². The molecule has 3 aromatic rings. The van der Waals surface area contributed by atoms with E-state index in [1.807, 2.05) is 0 Å². The van der Waals surface area contributed by atoms with Gasteiger partial charge in [0.25, 0.3) is 0 Å². The van der Waals surface area contributed by atoms with Crippen molar-refractivity contribution in [1.82, 2.24) is 19.9 Å². The number of pyridine rings is 1. The smallest absolute Gasteiger partial charge is 0.150 e. The Kier molecular flexibility index (Phi) is 4.95. The molecule has 0 amide bonds.